The molecule has 2 aromatic rings. The van der Waals surface area contributed by atoms with Crippen molar-refractivity contribution in [2.75, 3.05) is 13.2 Å². The van der Waals surface area contributed by atoms with Crippen molar-refractivity contribution in [3.05, 3.63) is 47.4 Å². The van der Waals surface area contributed by atoms with Gasteiger partial charge in [0.25, 0.3) is 0 Å². The zero-order valence-corrected chi connectivity index (χ0v) is 13.8. The average molecular weight is 353 g/mol. The zero-order valence-electron chi connectivity index (χ0n) is 12.1. The monoisotopic (exact) mass is 354 g/mol. The van der Waals surface area contributed by atoms with Crippen molar-refractivity contribution in [2.24, 2.45) is 0 Å². The minimum atomic E-state index is -0.537. The molecule has 0 saturated heterocycles. The quantitative estimate of drug-likeness (QED) is 0.482. The van der Waals surface area contributed by atoms with Crippen molar-refractivity contribution in [3.8, 4) is 0 Å². The van der Waals surface area contributed by atoms with E-state index in [0.29, 0.717) is 27.7 Å². The fraction of sp³-hybridized carbons (Fsp3) is 0.250. The SMILES string of the molecule is CCOC(=O)C=CC(=O)OCC.c1ccc2[se]ccc2c1. The summed E-state index contributed by atoms with van der Waals surface area (Å²) in [6.07, 6.45) is 2.09. The maximum absolute atomic E-state index is 10.6. The number of ether oxygens (including phenoxy) is 2. The topological polar surface area (TPSA) is 52.6 Å². The third kappa shape index (κ3) is 6.93. The Labute approximate surface area is 130 Å². The van der Waals surface area contributed by atoms with Gasteiger partial charge in [0.05, 0.1) is 13.2 Å². The number of rotatable bonds is 4. The van der Waals surface area contributed by atoms with Gasteiger partial charge in [0.1, 0.15) is 0 Å². The molecule has 21 heavy (non-hydrogen) atoms. The minimum absolute atomic E-state index is 0.298. The van der Waals surface area contributed by atoms with Gasteiger partial charge in [0.15, 0.2) is 0 Å². The summed E-state index contributed by atoms with van der Waals surface area (Å²) in [7, 11) is 0. The van der Waals surface area contributed by atoms with E-state index in [0.717, 1.165) is 12.2 Å². The van der Waals surface area contributed by atoms with Crippen molar-refractivity contribution in [3.63, 3.8) is 0 Å². The molecule has 4 nitrogen and oxygen atoms in total. The van der Waals surface area contributed by atoms with Gasteiger partial charge in [0, 0.05) is 12.2 Å². The van der Waals surface area contributed by atoms with Crippen LogP contribution in [0.15, 0.2) is 47.4 Å². The standard InChI is InChI=1S/C8H12O4.C8H6Se/c1-3-11-7(9)5-6-8(10)12-4-2;1-2-4-8-7(3-1)5-6-9-8/h5-6H,3-4H2,1-2H3;1-6H. The van der Waals surface area contributed by atoms with Gasteiger partial charge in [-0.3, -0.25) is 0 Å². The molecule has 0 atom stereocenters. The first-order chi connectivity index (χ1) is 10.2. The number of hydrogen-bond acceptors (Lipinski definition) is 4. The van der Waals surface area contributed by atoms with E-state index in [2.05, 4.69) is 44.7 Å². The predicted octanol–water partition coefficient (Wildman–Crippen LogP) is 2.57. The number of carbonyl (C=O) groups excluding carboxylic acids is 2. The zero-order chi connectivity index (χ0) is 15.5. The number of hydrogen-bond donors (Lipinski definition) is 0. The van der Waals surface area contributed by atoms with Crippen LogP contribution in [0.4, 0.5) is 0 Å². The molecule has 1 aromatic carbocycles. The molecule has 0 aliphatic heterocycles. The summed E-state index contributed by atoms with van der Waals surface area (Å²) >= 11 is 0.622. The molecule has 1 heterocycles. The predicted molar refractivity (Wildman–Crippen MR) is 83.3 cm³/mol. The molecule has 0 N–H and O–H groups in total. The Morgan fingerprint density at radius 2 is 1.57 bits per heavy atom. The van der Waals surface area contributed by atoms with Crippen LogP contribution < -0.4 is 0 Å². The summed E-state index contributed by atoms with van der Waals surface area (Å²) in [5.74, 6) is -1.07. The summed E-state index contributed by atoms with van der Waals surface area (Å²) in [6, 6.07) is 10.8. The molecule has 0 amide bonds. The van der Waals surface area contributed by atoms with Crippen LogP contribution in [0.5, 0.6) is 0 Å². The van der Waals surface area contributed by atoms with Gasteiger partial charge in [-0.25, -0.2) is 9.59 Å². The Morgan fingerprint density at radius 1 is 1.00 bits per heavy atom. The van der Waals surface area contributed by atoms with E-state index in [1.807, 2.05) is 0 Å². The molecule has 0 aliphatic carbocycles. The van der Waals surface area contributed by atoms with Crippen LogP contribution in [-0.2, 0) is 19.1 Å². The van der Waals surface area contributed by atoms with E-state index in [1.54, 1.807) is 13.8 Å². The summed E-state index contributed by atoms with van der Waals surface area (Å²) in [5, 5.41) is 1.41. The summed E-state index contributed by atoms with van der Waals surface area (Å²) in [4.78, 5) is 23.5. The van der Waals surface area contributed by atoms with E-state index in [4.69, 9.17) is 0 Å². The molecule has 0 bridgehead atoms. The van der Waals surface area contributed by atoms with Crippen LogP contribution in [-0.4, -0.2) is 39.7 Å². The average Bonchev–Trinajstić information content (AvgIpc) is 2.95. The maximum atomic E-state index is 10.6. The third-order valence-corrected chi connectivity index (χ3v) is 4.17. The fourth-order valence-corrected chi connectivity index (χ4v) is 3.08. The summed E-state index contributed by atoms with van der Waals surface area (Å²) in [5.41, 5.74) is 0. The second-order valence-corrected chi connectivity index (χ2v) is 5.78. The van der Waals surface area contributed by atoms with Crippen LogP contribution in [0.1, 0.15) is 13.8 Å². The van der Waals surface area contributed by atoms with Crippen LogP contribution in [0.2, 0.25) is 0 Å². The molecule has 0 spiro atoms. The Morgan fingerprint density at radius 3 is 2.10 bits per heavy atom. The van der Waals surface area contributed by atoms with Crippen LogP contribution >= 0.6 is 0 Å². The van der Waals surface area contributed by atoms with Crippen molar-refractivity contribution in [2.45, 2.75) is 13.8 Å². The van der Waals surface area contributed by atoms with Gasteiger partial charge in [-0.05, 0) is 13.8 Å². The Kier molecular flexibility index (Phi) is 8.17. The molecule has 0 aliphatic rings. The first kappa shape index (κ1) is 17.2. The van der Waals surface area contributed by atoms with Gasteiger partial charge < -0.3 is 9.47 Å². The van der Waals surface area contributed by atoms with Gasteiger partial charge in [-0.2, -0.15) is 0 Å². The van der Waals surface area contributed by atoms with Gasteiger partial charge in [-0.1, -0.05) is 0 Å². The van der Waals surface area contributed by atoms with Crippen LogP contribution in [0.25, 0.3) is 9.65 Å². The van der Waals surface area contributed by atoms with Crippen molar-refractivity contribution in [1.82, 2.24) is 0 Å². The first-order valence-electron chi connectivity index (χ1n) is 6.61. The Bertz CT molecular complexity index is 551. The van der Waals surface area contributed by atoms with Crippen molar-refractivity contribution < 1.29 is 19.1 Å². The summed E-state index contributed by atoms with van der Waals surface area (Å²) in [6.45, 7) is 3.98. The second kappa shape index (κ2) is 9.97. The molecule has 0 radical (unpaired) electrons. The molecule has 2 rings (SSSR count). The molecule has 0 saturated carbocycles. The summed E-state index contributed by atoms with van der Waals surface area (Å²) < 4.78 is 10.6. The fourth-order valence-electron chi connectivity index (χ4n) is 1.42. The second-order valence-electron chi connectivity index (χ2n) is 3.80. The Hall–Kier alpha value is -1.84. The molecular formula is C16H18O4Se. The van der Waals surface area contributed by atoms with Crippen LogP contribution in [0.3, 0.4) is 0 Å². The number of fused-ring (bicyclic) bond motifs is 1. The van der Waals surface area contributed by atoms with Crippen molar-refractivity contribution >= 4 is 36.1 Å². The first-order valence-corrected chi connectivity index (χ1v) is 8.45. The Balaban J connectivity index is 0.000000216. The molecule has 5 heteroatoms. The van der Waals surface area contributed by atoms with E-state index < -0.39 is 11.9 Å². The van der Waals surface area contributed by atoms with Crippen LogP contribution in [0, 0.1) is 0 Å². The number of benzene rings is 1. The van der Waals surface area contributed by atoms with E-state index in [9.17, 15) is 9.59 Å². The molecule has 0 fully saturated rings. The van der Waals surface area contributed by atoms with Gasteiger partial charge in [0.2, 0.25) is 0 Å². The molecule has 112 valence electrons. The number of esters is 2. The molecule has 0 unspecified atom stereocenters. The molecular weight excluding hydrogens is 335 g/mol. The van der Waals surface area contributed by atoms with E-state index in [1.165, 1.54) is 9.65 Å². The van der Waals surface area contributed by atoms with E-state index in [-0.39, 0.29) is 0 Å². The number of carbonyl (C=O) groups is 2. The van der Waals surface area contributed by atoms with Crippen molar-refractivity contribution in [1.29, 1.82) is 0 Å². The van der Waals surface area contributed by atoms with Gasteiger partial charge in [-0.15, -0.1) is 0 Å². The molecule has 1 aromatic heterocycles. The van der Waals surface area contributed by atoms with Gasteiger partial charge >= 0.3 is 71.4 Å². The third-order valence-electron chi connectivity index (χ3n) is 2.29. The normalized spacial score (nSPS) is 10.0. The van der Waals surface area contributed by atoms with E-state index >= 15 is 0 Å².